The molecule has 1 aromatic heterocycles. The third-order valence-electron chi connectivity index (χ3n) is 7.27. The van der Waals surface area contributed by atoms with Crippen LogP contribution in [0.2, 0.25) is 0 Å². The van der Waals surface area contributed by atoms with Gasteiger partial charge in [0.15, 0.2) is 17.5 Å². The van der Waals surface area contributed by atoms with Crippen molar-refractivity contribution in [2.45, 2.75) is 91.4 Å². The largest absolute Gasteiger partial charge is 0.507 e. The van der Waals surface area contributed by atoms with Gasteiger partial charge in [0.1, 0.15) is 5.75 Å². The molecule has 0 fully saturated rings. The van der Waals surface area contributed by atoms with Crippen molar-refractivity contribution in [2.24, 2.45) is 0 Å². The van der Waals surface area contributed by atoms with Crippen LogP contribution in [0.25, 0.3) is 34.2 Å². The fraction of sp³-hybridized carbons (Fsp3) is 0.400. The topological polar surface area (TPSA) is 58.9 Å². The molecule has 4 aromatic rings. The Hall–Kier alpha value is -3.53. The van der Waals surface area contributed by atoms with Gasteiger partial charge in [-0.15, -0.1) is 0 Å². The predicted molar refractivity (Wildman–Crippen MR) is 163 cm³/mol. The molecule has 1 heterocycles. The van der Waals surface area contributed by atoms with Gasteiger partial charge in [-0.2, -0.15) is 0 Å². The summed E-state index contributed by atoms with van der Waals surface area (Å²) >= 11 is 0. The van der Waals surface area contributed by atoms with E-state index in [1.54, 1.807) is 6.07 Å². The van der Waals surface area contributed by atoms with Gasteiger partial charge in [0, 0.05) is 11.1 Å². The van der Waals surface area contributed by atoms with Crippen LogP contribution in [0.15, 0.2) is 66.7 Å². The lowest BCUT2D eigenvalue weighted by Crippen LogP contribution is -2.11. The van der Waals surface area contributed by atoms with E-state index in [9.17, 15) is 5.11 Å². The van der Waals surface area contributed by atoms with Crippen molar-refractivity contribution in [3.05, 3.63) is 83.4 Å². The minimum absolute atomic E-state index is 0.0616. The van der Waals surface area contributed by atoms with Crippen molar-refractivity contribution in [3.63, 3.8) is 0 Å². The lowest BCUT2D eigenvalue weighted by Gasteiger charge is -2.19. The Morgan fingerprint density at radius 3 is 1.54 bits per heavy atom. The first-order valence-corrected chi connectivity index (χ1v) is 14.3. The molecule has 4 heteroatoms. The van der Waals surface area contributed by atoms with Crippen LogP contribution >= 0.6 is 0 Å². The van der Waals surface area contributed by atoms with E-state index in [0.717, 1.165) is 24.0 Å². The van der Waals surface area contributed by atoms with Crippen LogP contribution < -0.4 is 0 Å². The highest BCUT2D eigenvalue weighted by molar-refractivity contribution is 5.70. The Labute approximate surface area is 234 Å². The van der Waals surface area contributed by atoms with Gasteiger partial charge in [-0.05, 0) is 52.5 Å². The highest BCUT2D eigenvalue weighted by atomic mass is 16.3. The number of aryl methyl sites for hydroxylation is 1. The first-order chi connectivity index (χ1) is 18.5. The molecule has 0 amide bonds. The van der Waals surface area contributed by atoms with E-state index in [0.29, 0.717) is 23.0 Å². The molecule has 0 atom stereocenters. The Kier molecular flexibility index (Phi) is 8.54. The Bertz CT molecular complexity index is 1320. The van der Waals surface area contributed by atoms with Crippen LogP contribution in [0, 0.1) is 0 Å². The molecule has 0 aliphatic rings. The first-order valence-electron chi connectivity index (χ1n) is 14.3. The van der Waals surface area contributed by atoms with Gasteiger partial charge >= 0.3 is 0 Å². The molecule has 4 nitrogen and oxygen atoms in total. The van der Waals surface area contributed by atoms with E-state index >= 15 is 0 Å². The van der Waals surface area contributed by atoms with Gasteiger partial charge < -0.3 is 5.11 Å². The molecule has 0 bridgehead atoms. The Morgan fingerprint density at radius 1 is 0.590 bits per heavy atom. The summed E-state index contributed by atoms with van der Waals surface area (Å²) in [6.45, 7) is 15.5. The number of hydrogen-bond donors (Lipinski definition) is 1. The summed E-state index contributed by atoms with van der Waals surface area (Å²) in [4.78, 5) is 14.7. The molecule has 0 aliphatic heterocycles. The maximum Gasteiger partial charge on any atom is 0.167 e. The number of hydrogen-bond acceptors (Lipinski definition) is 4. The van der Waals surface area contributed by atoms with Crippen LogP contribution in [0.3, 0.4) is 0 Å². The normalized spacial score (nSPS) is 12.1. The van der Waals surface area contributed by atoms with Gasteiger partial charge in [0.2, 0.25) is 0 Å². The average molecular weight is 522 g/mol. The summed E-state index contributed by atoms with van der Waals surface area (Å²) in [6.07, 6.45) is 5.77. The van der Waals surface area contributed by atoms with Gasteiger partial charge in [-0.3, -0.25) is 0 Å². The fourth-order valence-electron chi connectivity index (χ4n) is 4.67. The highest BCUT2D eigenvalue weighted by Gasteiger charge is 2.18. The van der Waals surface area contributed by atoms with Crippen molar-refractivity contribution < 1.29 is 5.11 Å². The zero-order chi connectivity index (χ0) is 28.2. The molecule has 204 valence electrons. The van der Waals surface area contributed by atoms with Crippen LogP contribution in [-0.2, 0) is 17.3 Å². The van der Waals surface area contributed by atoms with E-state index in [2.05, 4.69) is 97.0 Å². The molecule has 1 N–H and O–H groups in total. The number of phenols is 1. The van der Waals surface area contributed by atoms with Crippen LogP contribution in [0.1, 0.15) is 90.8 Å². The van der Waals surface area contributed by atoms with E-state index in [1.165, 1.54) is 36.0 Å². The lowest BCUT2D eigenvalue weighted by atomic mass is 9.86. The maximum atomic E-state index is 10.9. The molecule has 0 unspecified atom stereocenters. The van der Waals surface area contributed by atoms with Gasteiger partial charge in [0.25, 0.3) is 0 Å². The molecule has 0 aliphatic carbocycles. The van der Waals surface area contributed by atoms with E-state index in [4.69, 9.17) is 15.0 Å². The first kappa shape index (κ1) is 28.5. The number of aromatic nitrogens is 3. The van der Waals surface area contributed by atoms with Gasteiger partial charge in [-0.25, -0.2) is 15.0 Å². The quantitative estimate of drug-likeness (QED) is 0.235. The number of unbranched alkanes of at least 4 members (excludes halogenated alkanes) is 3. The SMILES string of the molecule is CCCCCCc1ccc(O)c(-c2nc(-c3ccc(C(C)(C)C)cc3)nc(-c3ccc(C(C)(C)C)cc3)n2)c1. The summed E-state index contributed by atoms with van der Waals surface area (Å²) in [7, 11) is 0. The molecule has 0 saturated heterocycles. The summed E-state index contributed by atoms with van der Waals surface area (Å²) in [5, 5.41) is 10.9. The Morgan fingerprint density at radius 2 is 1.08 bits per heavy atom. The molecule has 0 spiro atoms. The van der Waals surface area contributed by atoms with Crippen molar-refractivity contribution >= 4 is 0 Å². The number of aromatic hydroxyl groups is 1. The van der Waals surface area contributed by atoms with Crippen LogP contribution in [0.4, 0.5) is 0 Å². The molecule has 39 heavy (non-hydrogen) atoms. The Balaban J connectivity index is 1.80. The fourth-order valence-corrected chi connectivity index (χ4v) is 4.67. The second-order valence-corrected chi connectivity index (χ2v) is 12.6. The third kappa shape index (κ3) is 7.11. The molecule has 4 rings (SSSR count). The standard InChI is InChI=1S/C35H43N3O/c1-8-9-10-11-12-24-13-22-30(39)29(23-24)33-37-31(25-14-18-27(19-15-25)34(2,3)4)36-32(38-33)26-16-20-28(21-17-26)35(5,6)7/h13-23,39H,8-12H2,1-7H3. The maximum absolute atomic E-state index is 10.9. The second kappa shape index (κ2) is 11.7. The van der Waals surface area contributed by atoms with Crippen molar-refractivity contribution in [3.8, 4) is 39.9 Å². The van der Waals surface area contributed by atoms with Crippen molar-refractivity contribution in [2.75, 3.05) is 0 Å². The monoisotopic (exact) mass is 521 g/mol. The molecule has 0 radical (unpaired) electrons. The second-order valence-electron chi connectivity index (χ2n) is 12.6. The minimum Gasteiger partial charge on any atom is -0.507 e. The minimum atomic E-state index is 0.0616. The molecular weight excluding hydrogens is 478 g/mol. The summed E-state index contributed by atoms with van der Waals surface area (Å²) in [5.74, 6) is 1.87. The van der Waals surface area contributed by atoms with Gasteiger partial charge in [-0.1, -0.05) is 122 Å². The highest BCUT2D eigenvalue weighted by Crippen LogP contribution is 2.33. The number of benzene rings is 3. The lowest BCUT2D eigenvalue weighted by molar-refractivity contribution is 0.476. The van der Waals surface area contributed by atoms with Crippen LogP contribution in [-0.4, -0.2) is 20.1 Å². The van der Waals surface area contributed by atoms with E-state index < -0.39 is 0 Å². The van der Waals surface area contributed by atoms with E-state index in [1.807, 2.05) is 12.1 Å². The summed E-state index contributed by atoms with van der Waals surface area (Å²) in [6, 6.07) is 22.7. The molecule has 0 saturated carbocycles. The molecule has 3 aromatic carbocycles. The average Bonchev–Trinajstić information content (AvgIpc) is 2.91. The summed E-state index contributed by atoms with van der Waals surface area (Å²) in [5.41, 5.74) is 6.32. The van der Waals surface area contributed by atoms with Crippen molar-refractivity contribution in [1.29, 1.82) is 0 Å². The van der Waals surface area contributed by atoms with Gasteiger partial charge in [0.05, 0.1) is 5.56 Å². The number of phenolic OH excluding ortho intramolecular Hbond substituents is 1. The number of nitrogens with zero attached hydrogens (tertiary/aromatic N) is 3. The zero-order valence-electron chi connectivity index (χ0n) is 24.7. The van der Waals surface area contributed by atoms with Crippen molar-refractivity contribution in [1.82, 2.24) is 15.0 Å². The predicted octanol–water partition coefficient (Wildman–Crippen LogP) is 9.30. The van der Waals surface area contributed by atoms with E-state index in [-0.39, 0.29) is 16.6 Å². The molecular formula is C35H43N3O. The third-order valence-corrected chi connectivity index (χ3v) is 7.27. The number of rotatable bonds is 8. The smallest absolute Gasteiger partial charge is 0.167 e. The van der Waals surface area contributed by atoms with Crippen LogP contribution in [0.5, 0.6) is 5.75 Å². The zero-order valence-corrected chi connectivity index (χ0v) is 24.7. The summed E-state index contributed by atoms with van der Waals surface area (Å²) < 4.78 is 0.